The lowest BCUT2D eigenvalue weighted by molar-refractivity contribution is -0.0505. The maximum atomic E-state index is 11.4. The minimum absolute atomic E-state index is 0.0168. The number of hydrogen-bond donors (Lipinski definition) is 3. The Bertz CT molecular complexity index is 778. The number of rotatable bonds is 3. The Morgan fingerprint density at radius 2 is 1.83 bits per heavy atom. The average Bonchev–Trinajstić information content (AvgIpc) is 2.94. The Morgan fingerprint density at radius 1 is 1.17 bits per heavy atom. The fourth-order valence-electron chi connectivity index (χ4n) is 2.75. The lowest BCUT2D eigenvalue weighted by Gasteiger charge is -2.19. The van der Waals surface area contributed by atoms with E-state index in [0.29, 0.717) is 17.2 Å². The highest BCUT2D eigenvalue weighted by Gasteiger charge is 2.44. The van der Waals surface area contributed by atoms with Crippen LogP contribution in [0.5, 0.6) is 0 Å². The van der Waals surface area contributed by atoms with Gasteiger partial charge >= 0.3 is 0 Å². The molecule has 3 rings (SSSR count). The first-order valence-electron chi connectivity index (χ1n) is 6.66. The van der Waals surface area contributed by atoms with E-state index in [2.05, 4.69) is 0 Å². The van der Waals surface area contributed by atoms with Gasteiger partial charge in [-0.25, -0.2) is 0 Å². The van der Waals surface area contributed by atoms with Crippen LogP contribution in [0.15, 0.2) is 12.1 Å². The topological polar surface area (TPSA) is 91.9 Å². The van der Waals surface area contributed by atoms with Gasteiger partial charge in [-0.3, -0.25) is 4.79 Å². The van der Waals surface area contributed by atoms with Crippen LogP contribution in [0.3, 0.4) is 0 Å². The number of nitrogens with zero attached hydrogens (tertiary/aromatic N) is 1. The van der Waals surface area contributed by atoms with E-state index in [1.165, 1.54) is 16.7 Å². The van der Waals surface area contributed by atoms with Gasteiger partial charge in [-0.15, -0.1) is 0 Å². The summed E-state index contributed by atoms with van der Waals surface area (Å²) < 4.78 is 6.83. The minimum atomic E-state index is -1.34. The number of aliphatic hydroxyl groups is 3. The smallest absolute Gasteiger partial charge is 0.164 e. The van der Waals surface area contributed by atoms with Crippen molar-refractivity contribution < 1.29 is 24.9 Å². The summed E-state index contributed by atoms with van der Waals surface area (Å²) in [6.07, 6.45) is -4.11. The third kappa shape index (κ3) is 2.55. The summed E-state index contributed by atoms with van der Waals surface area (Å²) in [5.41, 5.74) is 0.583. The predicted octanol–water partition coefficient (Wildman–Crippen LogP) is 2.03. The third-order valence-corrected chi connectivity index (χ3v) is 5.02. The molecule has 0 bridgehead atoms. The van der Waals surface area contributed by atoms with Crippen LogP contribution in [0.25, 0.3) is 10.9 Å². The van der Waals surface area contributed by atoms with Crippen LogP contribution >= 0.6 is 34.8 Å². The van der Waals surface area contributed by atoms with E-state index >= 15 is 0 Å². The summed E-state index contributed by atoms with van der Waals surface area (Å²) in [6.45, 7) is -0.474. The second kappa shape index (κ2) is 6.22. The molecule has 0 saturated carbocycles. The third-order valence-electron chi connectivity index (χ3n) is 3.91. The van der Waals surface area contributed by atoms with Gasteiger partial charge in [0.1, 0.15) is 23.5 Å². The van der Waals surface area contributed by atoms with Gasteiger partial charge in [0.2, 0.25) is 0 Å². The Hall–Kier alpha value is -0.860. The van der Waals surface area contributed by atoms with Crippen molar-refractivity contribution in [3.05, 3.63) is 32.9 Å². The summed E-state index contributed by atoms with van der Waals surface area (Å²) >= 11 is 18.3. The Morgan fingerprint density at radius 3 is 2.39 bits per heavy atom. The molecule has 1 saturated heterocycles. The molecule has 23 heavy (non-hydrogen) atoms. The van der Waals surface area contributed by atoms with Crippen LogP contribution in [0.2, 0.25) is 15.2 Å². The normalized spacial score (nSPS) is 27.7. The van der Waals surface area contributed by atoms with E-state index in [9.17, 15) is 20.1 Å². The predicted molar refractivity (Wildman–Crippen MR) is 85.4 cm³/mol. The lowest BCUT2D eigenvalue weighted by atomic mass is 10.1. The maximum Gasteiger partial charge on any atom is 0.164 e. The molecular weight excluding hydrogens is 369 g/mol. The number of aliphatic hydroxyl groups excluding tert-OH is 3. The molecule has 6 nitrogen and oxygen atoms in total. The van der Waals surface area contributed by atoms with Crippen LogP contribution in [-0.2, 0) is 4.74 Å². The Balaban J connectivity index is 2.24. The zero-order chi connectivity index (χ0) is 16.9. The molecule has 0 amide bonds. The second-order valence-electron chi connectivity index (χ2n) is 5.20. The first-order valence-corrected chi connectivity index (χ1v) is 7.80. The number of benzene rings is 1. The van der Waals surface area contributed by atoms with Crippen LogP contribution in [-0.4, -0.2) is 51.1 Å². The van der Waals surface area contributed by atoms with E-state index in [1.54, 1.807) is 0 Å². The second-order valence-corrected chi connectivity index (χ2v) is 6.38. The van der Waals surface area contributed by atoms with E-state index in [1.807, 2.05) is 0 Å². The Kier molecular flexibility index (Phi) is 4.59. The molecule has 2 heterocycles. The van der Waals surface area contributed by atoms with Gasteiger partial charge in [0.25, 0.3) is 0 Å². The highest BCUT2D eigenvalue weighted by atomic mass is 35.5. The highest BCUT2D eigenvalue weighted by molar-refractivity contribution is 6.43. The number of carbonyl (C=O) groups is 1. The van der Waals surface area contributed by atoms with Gasteiger partial charge in [0, 0.05) is 5.39 Å². The van der Waals surface area contributed by atoms with Crippen molar-refractivity contribution in [2.45, 2.75) is 24.5 Å². The molecule has 124 valence electrons. The van der Waals surface area contributed by atoms with Crippen molar-refractivity contribution in [1.82, 2.24) is 4.57 Å². The first-order chi connectivity index (χ1) is 10.9. The van der Waals surface area contributed by atoms with Crippen molar-refractivity contribution in [3.8, 4) is 0 Å². The zero-order valence-electron chi connectivity index (χ0n) is 11.5. The molecule has 0 spiro atoms. The summed E-state index contributed by atoms with van der Waals surface area (Å²) in [6, 6.07) is 2.99. The van der Waals surface area contributed by atoms with Crippen molar-refractivity contribution in [2.24, 2.45) is 0 Å². The van der Waals surface area contributed by atoms with E-state index in [4.69, 9.17) is 39.5 Å². The average molecular weight is 381 g/mol. The molecule has 2 aromatic rings. The van der Waals surface area contributed by atoms with Crippen LogP contribution in [0.1, 0.15) is 16.6 Å². The minimum Gasteiger partial charge on any atom is -0.394 e. The molecule has 4 atom stereocenters. The number of fused-ring (bicyclic) bond motifs is 1. The molecule has 1 aromatic carbocycles. The molecular formula is C14H12Cl3NO5. The summed E-state index contributed by atoms with van der Waals surface area (Å²) in [4.78, 5) is 11.4. The van der Waals surface area contributed by atoms with Gasteiger partial charge in [0.15, 0.2) is 12.5 Å². The molecule has 9 heteroatoms. The molecule has 1 fully saturated rings. The Labute approximate surface area is 145 Å². The van der Waals surface area contributed by atoms with Crippen molar-refractivity contribution in [2.75, 3.05) is 6.61 Å². The van der Waals surface area contributed by atoms with Gasteiger partial charge in [-0.2, -0.15) is 0 Å². The lowest BCUT2D eigenvalue weighted by Crippen LogP contribution is -2.33. The quantitative estimate of drug-likeness (QED) is 0.709. The molecule has 0 aliphatic carbocycles. The molecule has 3 N–H and O–H groups in total. The standard InChI is InChI=1S/C14H12Cl3NO5/c15-7-1-5-6(3-19)13(17)18(9(5)2-8(7)16)14-12(22)11(21)10(4-20)23-14/h1-3,10-12,14,20-22H,4H2/t10-,11-,12-,14?/m1/s1. The van der Waals surface area contributed by atoms with Gasteiger partial charge < -0.3 is 24.6 Å². The molecule has 1 aliphatic heterocycles. The SMILES string of the molecule is O=Cc1c(Cl)n(C2O[C@H](CO)[C@@H](O)[C@H]2O)c2cc(Cl)c(Cl)cc12. The first kappa shape index (κ1) is 17.0. The van der Waals surface area contributed by atoms with Crippen LogP contribution < -0.4 is 0 Å². The number of aldehydes is 1. The largest absolute Gasteiger partial charge is 0.394 e. The number of halogens is 3. The highest BCUT2D eigenvalue weighted by Crippen LogP contribution is 2.40. The fourth-order valence-corrected chi connectivity index (χ4v) is 3.41. The van der Waals surface area contributed by atoms with E-state index in [0.717, 1.165) is 0 Å². The van der Waals surface area contributed by atoms with Gasteiger partial charge in [-0.05, 0) is 12.1 Å². The number of ether oxygens (including phenoxy) is 1. The summed E-state index contributed by atoms with van der Waals surface area (Å²) in [5, 5.41) is 30.2. The molecule has 1 aliphatic rings. The summed E-state index contributed by atoms with van der Waals surface area (Å²) in [5.74, 6) is 0. The summed E-state index contributed by atoms with van der Waals surface area (Å²) in [7, 11) is 0. The van der Waals surface area contributed by atoms with Crippen molar-refractivity contribution >= 4 is 52.0 Å². The van der Waals surface area contributed by atoms with Crippen molar-refractivity contribution in [3.63, 3.8) is 0 Å². The van der Waals surface area contributed by atoms with E-state index in [-0.39, 0.29) is 20.8 Å². The number of hydrogen-bond acceptors (Lipinski definition) is 5. The molecule has 1 aromatic heterocycles. The zero-order valence-corrected chi connectivity index (χ0v) is 13.8. The van der Waals surface area contributed by atoms with Gasteiger partial charge in [0.05, 0.1) is 27.7 Å². The number of carbonyl (C=O) groups excluding carboxylic acids is 1. The monoisotopic (exact) mass is 379 g/mol. The number of aromatic nitrogens is 1. The fraction of sp³-hybridized carbons (Fsp3) is 0.357. The van der Waals surface area contributed by atoms with Crippen LogP contribution in [0, 0.1) is 0 Å². The molecule has 1 unspecified atom stereocenters. The molecule has 0 radical (unpaired) electrons. The maximum absolute atomic E-state index is 11.4. The van der Waals surface area contributed by atoms with Gasteiger partial charge in [-0.1, -0.05) is 34.8 Å². The van der Waals surface area contributed by atoms with E-state index < -0.39 is 31.1 Å². The van der Waals surface area contributed by atoms with Crippen molar-refractivity contribution in [1.29, 1.82) is 0 Å². The van der Waals surface area contributed by atoms with Crippen LogP contribution in [0.4, 0.5) is 0 Å².